The Morgan fingerprint density at radius 3 is 2.45 bits per heavy atom. The first-order valence-electron chi connectivity index (χ1n) is 6.15. The fraction of sp³-hybridized carbons (Fsp3) is 0. The third-order valence-corrected chi connectivity index (χ3v) is 3.95. The molecule has 0 fully saturated rings. The predicted molar refractivity (Wildman–Crippen MR) is 86.4 cm³/mol. The Hall–Kier alpha value is -2.31. The van der Waals surface area contributed by atoms with E-state index in [0.717, 1.165) is 5.41 Å². The number of nitrogens with one attached hydrogen (secondary N) is 1. The molecule has 0 amide bonds. The lowest BCUT2D eigenvalue weighted by molar-refractivity contribution is 0.0697. The SMILES string of the molecule is O=C(O)c1cccc(NS(=O)(=O)C=Cc2ccc(Cl)cc2)c1. The van der Waals surface area contributed by atoms with Crippen LogP contribution in [0, 0.1) is 0 Å². The second-order valence-electron chi connectivity index (χ2n) is 4.39. The van der Waals surface area contributed by atoms with Gasteiger partial charge in [0.2, 0.25) is 0 Å². The lowest BCUT2D eigenvalue weighted by Crippen LogP contribution is -2.09. The van der Waals surface area contributed by atoms with E-state index in [1.165, 1.54) is 30.3 Å². The van der Waals surface area contributed by atoms with Gasteiger partial charge in [0.15, 0.2) is 0 Å². The summed E-state index contributed by atoms with van der Waals surface area (Å²) in [5, 5.41) is 10.4. The third kappa shape index (κ3) is 4.61. The zero-order valence-corrected chi connectivity index (χ0v) is 12.8. The summed E-state index contributed by atoms with van der Waals surface area (Å²) in [6, 6.07) is 12.2. The van der Waals surface area contributed by atoms with Crippen molar-refractivity contribution in [1.29, 1.82) is 0 Å². The molecule has 2 aromatic carbocycles. The minimum atomic E-state index is -3.74. The van der Waals surface area contributed by atoms with Gasteiger partial charge in [-0.25, -0.2) is 13.2 Å². The van der Waals surface area contributed by atoms with E-state index >= 15 is 0 Å². The van der Waals surface area contributed by atoms with Gasteiger partial charge in [0, 0.05) is 10.7 Å². The van der Waals surface area contributed by atoms with Crippen LogP contribution in [0.25, 0.3) is 6.08 Å². The Bertz CT molecular complexity index is 814. The molecule has 0 atom stereocenters. The molecule has 0 heterocycles. The van der Waals surface area contributed by atoms with Crippen LogP contribution < -0.4 is 4.72 Å². The van der Waals surface area contributed by atoms with Gasteiger partial charge in [-0.15, -0.1) is 0 Å². The van der Waals surface area contributed by atoms with E-state index in [2.05, 4.69) is 4.72 Å². The zero-order chi connectivity index (χ0) is 16.2. The average molecular weight is 338 g/mol. The first kappa shape index (κ1) is 16.1. The smallest absolute Gasteiger partial charge is 0.335 e. The van der Waals surface area contributed by atoms with E-state index in [0.29, 0.717) is 10.6 Å². The Labute approximate surface area is 132 Å². The predicted octanol–water partition coefficient (Wildman–Crippen LogP) is 3.45. The molecule has 0 saturated heterocycles. The van der Waals surface area contributed by atoms with Gasteiger partial charge < -0.3 is 5.11 Å². The van der Waals surface area contributed by atoms with Crippen LogP contribution in [0.2, 0.25) is 5.02 Å². The summed E-state index contributed by atoms with van der Waals surface area (Å²) in [4.78, 5) is 10.9. The average Bonchev–Trinajstić information content (AvgIpc) is 2.46. The van der Waals surface area contributed by atoms with Crippen LogP contribution in [0.1, 0.15) is 15.9 Å². The molecular formula is C15H12ClNO4S. The van der Waals surface area contributed by atoms with Crippen LogP contribution in [0.5, 0.6) is 0 Å². The first-order chi connectivity index (χ1) is 10.4. The normalized spacial score (nSPS) is 11.5. The molecule has 0 aliphatic carbocycles. The van der Waals surface area contributed by atoms with Gasteiger partial charge >= 0.3 is 5.97 Å². The minimum absolute atomic E-state index is 0.00174. The van der Waals surface area contributed by atoms with Gasteiger partial charge in [-0.1, -0.05) is 29.8 Å². The van der Waals surface area contributed by atoms with Crippen LogP contribution in [0.3, 0.4) is 0 Å². The lowest BCUT2D eigenvalue weighted by atomic mass is 10.2. The van der Waals surface area contributed by atoms with Crippen LogP contribution in [-0.2, 0) is 10.0 Å². The number of hydrogen-bond acceptors (Lipinski definition) is 3. The van der Waals surface area contributed by atoms with Crippen molar-refractivity contribution in [2.45, 2.75) is 0 Å². The Morgan fingerprint density at radius 2 is 1.82 bits per heavy atom. The van der Waals surface area contributed by atoms with Crippen molar-refractivity contribution in [2.75, 3.05) is 4.72 Å². The van der Waals surface area contributed by atoms with E-state index < -0.39 is 16.0 Å². The number of rotatable bonds is 5. The molecule has 0 bridgehead atoms. The molecule has 7 heteroatoms. The second-order valence-corrected chi connectivity index (χ2v) is 6.39. The molecule has 114 valence electrons. The fourth-order valence-corrected chi connectivity index (χ4v) is 2.64. The molecule has 22 heavy (non-hydrogen) atoms. The van der Waals surface area contributed by atoms with Gasteiger partial charge in [0.1, 0.15) is 0 Å². The highest BCUT2D eigenvalue weighted by atomic mass is 35.5. The Balaban J connectivity index is 2.15. The number of anilines is 1. The van der Waals surface area contributed by atoms with Gasteiger partial charge in [0.05, 0.1) is 11.0 Å². The molecular weight excluding hydrogens is 326 g/mol. The molecule has 0 aromatic heterocycles. The third-order valence-electron chi connectivity index (χ3n) is 2.68. The molecule has 0 unspecified atom stereocenters. The molecule has 2 rings (SSSR count). The largest absolute Gasteiger partial charge is 0.478 e. The van der Waals surface area contributed by atoms with Crippen molar-refractivity contribution in [1.82, 2.24) is 0 Å². The molecule has 0 spiro atoms. The van der Waals surface area contributed by atoms with Crippen molar-refractivity contribution >= 4 is 39.4 Å². The number of hydrogen-bond donors (Lipinski definition) is 2. The molecule has 2 aromatic rings. The van der Waals surface area contributed by atoms with Gasteiger partial charge in [-0.3, -0.25) is 4.72 Å². The number of aromatic carboxylic acids is 1. The van der Waals surface area contributed by atoms with Crippen LogP contribution in [0.4, 0.5) is 5.69 Å². The van der Waals surface area contributed by atoms with E-state index in [4.69, 9.17) is 16.7 Å². The lowest BCUT2D eigenvalue weighted by Gasteiger charge is -2.05. The molecule has 0 aliphatic rings. The fourth-order valence-electron chi connectivity index (χ4n) is 1.66. The number of sulfonamides is 1. The second kappa shape index (κ2) is 6.64. The highest BCUT2D eigenvalue weighted by Gasteiger charge is 2.08. The maximum absolute atomic E-state index is 11.9. The standard InChI is InChI=1S/C15H12ClNO4S/c16-13-6-4-11(5-7-13)8-9-22(20,21)17-14-3-1-2-12(10-14)15(18)19/h1-10,17H,(H,18,19). The summed E-state index contributed by atoms with van der Waals surface area (Å²) < 4.78 is 26.2. The van der Waals surface area contributed by atoms with Gasteiger partial charge in [-0.05, 0) is 42.0 Å². The van der Waals surface area contributed by atoms with Crippen molar-refractivity contribution < 1.29 is 18.3 Å². The summed E-state index contributed by atoms with van der Waals surface area (Å²) in [5.41, 5.74) is 0.858. The minimum Gasteiger partial charge on any atom is -0.478 e. The highest BCUT2D eigenvalue weighted by Crippen LogP contribution is 2.15. The molecule has 5 nitrogen and oxygen atoms in total. The summed E-state index contributed by atoms with van der Waals surface area (Å²) in [7, 11) is -3.74. The van der Waals surface area contributed by atoms with E-state index in [1.54, 1.807) is 24.3 Å². The number of carboxylic acids is 1. The number of halogens is 1. The van der Waals surface area contributed by atoms with Crippen LogP contribution in [0.15, 0.2) is 53.9 Å². The summed E-state index contributed by atoms with van der Waals surface area (Å²) >= 11 is 5.75. The number of carbonyl (C=O) groups is 1. The van der Waals surface area contributed by atoms with Gasteiger partial charge in [-0.2, -0.15) is 0 Å². The van der Waals surface area contributed by atoms with Crippen molar-refractivity contribution in [3.8, 4) is 0 Å². The van der Waals surface area contributed by atoms with Crippen molar-refractivity contribution in [2.24, 2.45) is 0 Å². The van der Waals surface area contributed by atoms with E-state index in [1.807, 2.05) is 0 Å². The molecule has 2 N–H and O–H groups in total. The Kier molecular flexibility index (Phi) is 4.85. The summed E-state index contributed by atoms with van der Waals surface area (Å²) in [6.45, 7) is 0. The number of benzene rings is 2. The zero-order valence-electron chi connectivity index (χ0n) is 11.2. The molecule has 0 radical (unpaired) electrons. The number of carboxylic acid groups (broad SMARTS) is 1. The quantitative estimate of drug-likeness (QED) is 0.875. The monoisotopic (exact) mass is 337 g/mol. The van der Waals surface area contributed by atoms with Gasteiger partial charge in [0.25, 0.3) is 10.0 Å². The summed E-state index contributed by atoms with van der Waals surface area (Å²) in [5.74, 6) is -1.13. The first-order valence-corrected chi connectivity index (χ1v) is 8.08. The highest BCUT2D eigenvalue weighted by molar-refractivity contribution is 7.95. The van der Waals surface area contributed by atoms with Crippen LogP contribution >= 0.6 is 11.6 Å². The molecule has 0 aliphatic heterocycles. The van der Waals surface area contributed by atoms with Crippen molar-refractivity contribution in [3.63, 3.8) is 0 Å². The molecule has 0 saturated carbocycles. The van der Waals surface area contributed by atoms with E-state index in [-0.39, 0.29) is 11.3 Å². The van der Waals surface area contributed by atoms with Crippen LogP contribution in [-0.4, -0.2) is 19.5 Å². The van der Waals surface area contributed by atoms with Crippen molar-refractivity contribution in [3.05, 3.63) is 70.1 Å². The topological polar surface area (TPSA) is 83.5 Å². The summed E-state index contributed by atoms with van der Waals surface area (Å²) in [6.07, 6.45) is 1.42. The Morgan fingerprint density at radius 1 is 1.14 bits per heavy atom. The maximum atomic E-state index is 11.9. The maximum Gasteiger partial charge on any atom is 0.335 e. The van der Waals surface area contributed by atoms with E-state index in [9.17, 15) is 13.2 Å².